The van der Waals surface area contributed by atoms with Crippen LogP contribution in [0.25, 0.3) is 0 Å². The lowest BCUT2D eigenvalue weighted by Crippen LogP contribution is -2.38. The van der Waals surface area contributed by atoms with E-state index in [2.05, 4.69) is 21.2 Å². The molecule has 0 aliphatic rings. The summed E-state index contributed by atoms with van der Waals surface area (Å²) in [7, 11) is 3.96. The van der Waals surface area contributed by atoms with E-state index in [1.807, 2.05) is 25.9 Å². The summed E-state index contributed by atoms with van der Waals surface area (Å²) in [5, 5.41) is 3.42. The molecule has 0 saturated heterocycles. The van der Waals surface area contributed by atoms with Gasteiger partial charge in [0, 0.05) is 27.6 Å². The number of carbonyl (C=O) groups is 1. The third-order valence-electron chi connectivity index (χ3n) is 2.56. The lowest BCUT2D eigenvalue weighted by Gasteiger charge is -2.20. The first-order valence-corrected chi connectivity index (χ1v) is 6.48. The number of halogens is 2. The molecule has 0 radical (unpaired) electrons. The van der Waals surface area contributed by atoms with E-state index in [1.165, 1.54) is 0 Å². The first-order valence-electron chi connectivity index (χ1n) is 5.31. The van der Waals surface area contributed by atoms with Gasteiger partial charge >= 0.3 is 0 Å². The van der Waals surface area contributed by atoms with E-state index < -0.39 is 0 Å². The largest absolute Gasteiger partial charge is 0.350 e. The van der Waals surface area contributed by atoms with Crippen LogP contribution in [0.15, 0.2) is 22.7 Å². The maximum atomic E-state index is 11.9. The van der Waals surface area contributed by atoms with Crippen molar-refractivity contribution >= 4 is 33.4 Å². The van der Waals surface area contributed by atoms with Crippen LogP contribution in [0.4, 0.5) is 0 Å². The van der Waals surface area contributed by atoms with Gasteiger partial charge in [-0.1, -0.05) is 27.5 Å². The summed E-state index contributed by atoms with van der Waals surface area (Å²) in [5.41, 5.74) is 0.565. The maximum Gasteiger partial charge on any atom is 0.251 e. The zero-order valence-corrected chi connectivity index (χ0v) is 12.5. The molecular weight excluding hydrogens is 304 g/mol. The molecule has 0 heterocycles. The van der Waals surface area contributed by atoms with E-state index >= 15 is 0 Å². The molecule has 0 saturated carbocycles. The Morgan fingerprint density at radius 3 is 2.65 bits per heavy atom. The van der Waals surface area contributed by atoms with E-state index in [-0.39, 0.29) is 5.91 Å². The van der Waals surface area contributed by atoms with Gasteiger partial charge in [-0.25, -0.2) is 0 Å². The van der Waals surface area contributed by atoms with Crippen molar-refractivity contribution in [3.8, 4) is 0 Å². The van der Waals surface area contributed by atoms with Gasteiger partial charge in [0.25, 0.3) is 5.91 Å². The average molecular weight is 320 g/mol. The van der Waals surface area contributed by atoms with Gasteiger partial charge in [0.1, 0.15) is 0 Å². The Bertz CT molecular complexity index is 389. The number of rotatable bonds is 4. The Hall–Kier alpha value is -0.580. The fourth-order valence-electron chi connectivity index (χ4n) is 1.21. The van der Waals surface area contributed by atoms with Crippen molar-refractivity contribution in [2.45, 2.75) is 13.0 Å². The summed E-state index contributed by atoms with van der Waals surface area (Å²) in [6.45, 7) is 2.66. The Balaban J connectivity index is 2.64. The SMILES string of the molecule is CC(CNC(=O)c1cc(Cl)cc(Br)c1)N(C)C. The molecule has 3 nitrogen and oxygen atoms in total. The second-order valence-corrected chi connectivity index (χ2v) is 5.53. The van der Waals surface area contributed by atoms with Gasteiger partial charge in [-0.15, -0.1) is 0 Å². The third kappa shape index (κ3) is 4.66. The predicted octanol–water partition coefficient (Wildman–Crippen LogP) is 2.78. The first-order chi connectivity index (χ1) is 7.90. The molecule has 1 N–H and O–H groups in total. The highest BCUT2D eigenvalue weighted by atomic mass is 79.9. The number of hydrogen-bond donors (Lipinski definition) is 1. The molecule has 0 aliphatic carbocycles. The van der Waals surface area contributed by atoms with Crippen molar-refractivity contribution in [3.63, 3.8) is 0 Å². The molecule has 5 heteroatoms. The molecule has 1 aromatic rings. The van der Waals surface area contributed by atoms with E-state index in [1.54, 1.807) is 18.2 Å². The summed E-state index contributed by atoms with van der Waals surface area (Å²) in [6, 6.07) is 5.45. The van der Waals surface area contributed by atoms with Crippen LogP contribution >= 0.6 is 27.5 Å². The van der Waals surface area contributed by atoms with Crippen LogP contribution in [0.2, 0.25) is 5.02 Å². The molecule has 0 aromatic heterocycles. The highest BCUT2D eigenvalue weighted by Gasteiger charge is 2.10. The van der Waals surface area contributed by atoms with Gasteiger partial charge in [0.2, 0.25) is 0 Å². The topological polar surface area (TPSA) is 32.3 Å². The lowest BCUT2D eigenvalue weighted by atomic mass is 10.2. The van der Waals surface area contributed by atoms with E-state index in [0.29, 0.717) is 23.2 Å². The van der Waals surface area contributed by atoms with Crippen LogP contribution in [0.3, 0.4) is 0 Å². The standard InChI is InChI=1S/C12H16BrClN2O/c1-8(16(2)3)7-15-12(17)9-4-10(13)6-11(14)5-9/h4-6,8H,7H2,1-3H3,(H,15,17). The summed E-state index contributed by atoms with van der Waals surface area (Å²) < 4.78 is 0.802. The molecule has 1 aromatic carbocycles. The average Bonchev–Trinajstić information content (AvgIpc) is 2.23. The number of benzene rings is 1. The normalized spacial score (nSPS) is 12.6. The third-order valence-corrected chi connectivity index (χ3v) is 3.24. The molecule has 0 spiro atoms. The minimum absolute atomic E-state index is 0.109. The van der Waals surface area contributed by atoms with Crippen LogP contribution in [0.1, 0.15) is 17.3 Å². The fraction of sp³-hybridized carbons (Fsp3) is 0.417. The van der Waals surface area contributed by atoms with E-state index in [9.17, 15) is 4.79 Å². The molecular formula is C12H16BrClN2O. The highest BCUT2D eigenvalue weighted by Crippen LogP contribution is 2.19. The van der Waals surface area contributed by atoms with Gasteiger partial charge < -0.3 is 10.2 Å². The van der Waals surface area contributed by atoms with Crippen LogP contribution < -0.4 is 5.32 Å². The summed E-state index contributed by atoms with van der Waals surface area (Å²) >= 11 is 9.20. The summed E-state index contributed by atoms with van der Waals surface area (Å²) in [6.07, 6.45) is 0. The Morgan fingerprint density at radius 1 is 1.47 bits per heavy atom. The highest BCUT2D eigenvalue weighted by molar-refractivity contribution is 9.10. The second kappa shape index (κ2) is 6.38. The minimum Gasteiger partial charge on any atom is -0.350 e. The first kappa shape index (κ1) is 14.5. The molecule has 0 aliphatic heterocycles. The molecule has 1 unspecified atom stereocenters. The Morgan fingerprint density at radius 2 is 2.12 bits per heavy atom. The maximum absolute atomic E-state index is 11.9. The van der Waals surface area contributed by atoms with Gasteiger partial charge in [0.15, 0.2) is 0 Å². The predicted molar refractivity (Wildman–Crippen MR) is 74.6 cm³/mol. The minimum atomic E-state index is -0.109. The number of hydrogen-bond acceptors (Lipinski definition) is 2. The van der Waals surface area contributed by atoms with Crippen molar-refractivity contribution in [3.05, 3.63) is 33.3 Å². The van der Waals surface area contributed by atoms with Crippen molar-refractivity contribution in [2.75, 3.05) is 20.6 Å². The van der Waals surface area contributed by atoms with Crippen LogP contribution in [0, 0.1) is 0 Å². The lowest BCUT2D eigenvalue weighted by molar-refractivity contribution is 0.0943. The van der Waals surface area contributed by atoms with E-state index in [4.69, 9.17) is 11.6 Å². The van der Waals surface area contributed by atoms with Gasteiger partial charge in [0.05, 0.1) is 0 Å². The van der Waals surface area contributed by atoms with Gasteiger partial charge in [-0.3, -0.25) is 4.79 Å². The Labute approximate surface area is 115 Å². The molecule has 94 valence electrons. The van der Waals surface area contributed by atoms with Crippen molar-refractivity contribution in [1.82, 2.24) is 10.2 Å². The van der Waals surface area contributed by atoms with Gasteiger partial charge in [-0.2, -0.15) is 0 Å². The zero-order valence-electron chi connectivity index (χ0n) is 10.1. The van der Waals surface area contributed by atoms with Crippen molar-refractivity contribution in [1.29, 1.82) is 0 Å². The van der Waals surface area contributed by atoms with Crippen molar-refractivity contribution in [2.24, 2.45) is 0 Å². The fourth-order valence-corrected chi connectivity index (χ4v) is 2.07. The Kier molecular flexibility index (Phi) is 5.43. The number of nitrogens with zero attached hydrogens (tertiary/aromatic N) is 1. The quantitative estimate of drug-likeness (QED) is 0.925. The zero-order chi connectivity index (χ0) is 13.0. The molecule has 1 amide bonds. The van der Waals surface area contributed by atoms with Crippen LogP contribution in [-0.2, 0) is 0 Å². The molecule has 1 rings (SSSR count). The summed E-state index contributed by atoms with van der Waals surface area (Å²) in [4.78, 5) is 13.9. The van der Waals surface area contributed by atoms with Crippen LogP contribution in [0.5, 0.6) is 0 Å². The molecule has 0 fully saturated rings. The molecule has 1 atom stereocenters. The van der Waals surface area contributed by atoms with Crippen LogP contribution in [-0.4, -0.2) is 37.5 Å². The smallest absolute Gasteiger partial charge is 0.251 e. The number of likely N-dealkylation sites (N-methyl/N-ethyl adjacent to an activating group) is 1. The van der Waals surface area contributed by atoms with Gasteiger partial charge in [-0.05, 0) is 39.2 Å². The number of nitrogens with one attached hydrogen (secondary N) is 1. The van der Waals surface area contributed by atoms with E-state index in [0.717, 1.165) is 4.47 Å². The summed E-state index contributed by atoms with van der Waals surface area (Å²) in [5.74, 6) is -0.109. The second-order valence-electron chi connectivity index (χ2n) is 4.18. The number of amides is 1. The molecule has 0 bridgehead atoms. The molecule has 17 heavy (non-hydrogen) atoms. The number of carbonyl (C=O) groups excluding carboxylic acids is 1. The van der Waals surface area contributed by atoms with Crippen molar-refractivity contribution < 1.29 is 4.79 Å². The monoisotopic (exact) mass is 318 g/mol.